The molecule has 0 saturated heterocycles. The van der Waals surface area contributed by atoms with Crippen LogP contribution in [0.15, 0.2) is 0 Å². The maximum atomic E-state index is 5.90. The molecule has 2 aromatic heterocycles. The lowest BCUT2D eigenvalue weighted by Gasteiger charge is -2.19. The number of aromatic nitrogens is 3. The van der Waals surface area contributed by atoms with Crippen molar-refractivity contribution in [2.75, 3.05) is 5.73 Å². The van der Waals surface area contributed by atoms with E-state index in [1.165, 1.54) is 42.5 Å². The first-order valence-electron chi connectivity index (χ1n) is 6.95. The van der Waals surface area contributed by atoms with E-state index >= 15 is 0 Å². The van der Waals surface area contributed by atoms with Gasteiger partial charge >= 0.3 is 0 Å². The number of hydrogen-bond donors (Lipinski definition) is 2. The average Bonchev–Trinajstić information content (AvgIpc) is 2.76. The topological polar surface area (TPSA) is 67.6 Å². The lowest BCUT2D eigenvalue weighted by Crippen LogP contribution is -2.10. The van der Waals surface area contributed by atoms with E-state index in [0.717, 1.165) is 30.3 Å². The van der Waals surface area contributed by atoms with Crippen molar-refractivity contribution in [3.8, 4) is 0 Å². The van der Waals surface area contributed by atoms with Crippen LogP contribution in [-0.4, -0.2) is 15.2 Å². The van der Waals surface area contributed by atoms with E-state index in [1.807, 2.05) is 0 Å². The highest BCUT2D eigenvalue weighted by Crippen LogP contribution is 2.31. The molecule has 0 radical (unpaired) electrons. The number of aromatic amines is 1. The molecular formula is C14H20N4. The molecular weight excluding hydrogens is 224 g/mol. The zero-order valence-electron chi connectivity index (χ0n) is 10.9. The third kappa shape index (κ3) is 1.76. The van der Waals surface area contributed by atoms with E-state index in [2.05, 4.69) is 17.1 Å². The fourth-order valence-electron chi connectivity index (χ4n) is 2.93. The molecule has 18 heavy (non-hydrogen) atoms. The van der Waals surface area contributed by atoms with Crippen molar-refractivity contribution in [2.45, 2.75) is 51.9 Å². The van der Waals surface area contributed by atoms with Crippen LogP contribution in [0.25, 0.3) is 11.0 Å². The van der Waals surface area contributed by atoms with E-state index < -0.39 is 0 Å². The number of anilines is 1. The van der Waals surface area contributed by atoms with Gasteiger partial charge in [0.25, 0.3) is 0 Å². The highest BCUT2D eigenvalue weighted by molar-refractivity contribution is 5.88. The quantitative estimate of drug-likeness (QED) is 0.872. The number of nitrogen functional groups attached to an aromatic ring is 1. The Morgan fingerprint density at radius 3 is 2.94 bits per heavy atom. The molecule has 3 N–H and O–H groups in total. The van der Waals surface area contributed by atoms with Crippen LogP contribution in [-0.2, 0) is 19.3 Å². The summed E-state index contributed by atoms with van der Waals surface area (Å²) in [5, 5.41) is 7.20. The maximum Gasteiger partial charge on any atom is 0.171 e. The van der Waals surface area contributed by atoms with Crippen molar-refractivity contribution < 1.29 is 0 Å². The van der Waals surface area contributed by atoms with Gasteiger partial charge in [-0.05, 0) is 49.7 Å². The van der Waals surface area contributed by atoms with E-state index in [0.29, 0.717) is 5.82 Å². The van der Waals surface area contributed by atoms with E-state index in [1.54, 1.807) is 0 Å². The van der Waals surface area contributed by atoms with Crippen molar-refractivity contribution in [1.82, 2.24) is 15.2 Å². The molecule has 0 bridgehead atoms. The van der Waals surface area contributed by atoms with Gasteiger partial charge in [0.1, 0.15) is 5.52 Å². The Kier molecular flexibility index (Phi) is 2.94. The Morgan fingerprint density at radius 1 is 1.28 bits per heavy atom. The molecule has 0 saturated carbocycles. The third-order valence-corrected chi connectivity index (χ3v) is 3.90. The number of rotatable bonds is 3. The summed E-state index contributed by atoms with van der Waals surface area (Å²) >= 11 is 0. The van der Waals surface area contributed by atoms with Crippen LogP contribution < -0.4 is 5.73 Å². The molecule has 0 unspecified atom stereocenters. The van der Waals surface area contributed by atoms with Gasteiger partial charge in [0, 0.05) is 5.69 Å². The van der Waals surface area contributed by atoms with Gasteiger partial charge in [0.2, 0.25) is 0 Å². The summed E-state index contributed by atoms with van der Waals surface area (Å²) in [5.74, 6) is 0.538. The second-order valence-corrected chi connectivity index (χ2v) is 5.16. The van der Waals surface area contributed by atoms with Crippen LogP contribution in [0.5, 0.6) is 0 Å². The molecule has 3 rings (SSSR count). The SMILES string of the molecule is CCCCc1c2c(nc3c(N)n[nH]c13)CCCC2. The van der Waals surface area contributed by atoms with Crippen LogP contribution in [0, 0.1) is 0 Å². The highest BCUT2D eigenvalue weighted by atomic mass is 15.2. The van der Waals surface area contributed by atoms with Crippen LogP contribution in [0.2, 0.25) is 0 Å². The summed E-state index contributed by atoms with van der Waals surface area (Å²) in [4.78, 5) is 4.73. The second kappa shape index (κ2) is 4.59. The molecule has 0 aliphatic heterocycles. The second-order valence-electron chi connectivity index (χ2n) is 5.16. The van der Waals surface area contributed by atoms with Crippen LogP contribution in [0.3, 0.4) is 0 Å². The number of hydrogen-bond acceptors (Lipinski definition) is 3. The van der Waals surface area contributed by atoms with Crippen molar-refractivity contribution >= 4 is 16.9 Å². The van der Waals surface area contributed by atoms with Gasteiger partial charge in [-0.1, -0.05) is 13.3 Å². The van der Waals surface area contributed by atoms with Crippen molar-refractivity contribution in [1.29, 1.82) is 0 Å². The summed E-state index contributed by atoms with van der Waals surface area (Å²) in [7, 11) is 0. The number of unbranched alkanes of at least 4 members (excludes halogenated alkanes) is 1. The minimum atomic E-state index is 0.538. The van der Waals surface area contributed by atoms with Gasteiger partial charge in [-0.25, -0.2) is 4.98 Å². The normalized spacial score (nSPS) is 14.9. The monoisotopic (exact) mass is 244 g/mol. The zero-order chi connectivity index (χ0) is 12.5. The lowest BCUT2D eigenvalue weighted by molar-refractivity contribution is 0.659. The Bertz CT molecular complexity index is 571. The van der Waals surface area contributed by atoms with Crippen molar-refractivity contribution in [3.05, 3.63) is 16.8 Å². The fourth-order valence-corrected chi connectivity index (χ4v) is 2.93. The smallest absolute Gasteiger partial charge is 0.171 e. The molecule has 0 spiro atoms. The first kappa shape index (κ1) is 11.5. The van der Waals surface area contributed by atoms with E-state index in [-0.39, 0.29) is 0 Å². The predicted molar refractivity (Wildman–Crippen MR) is 73.6 cm³/mol. The number of H-pyrrole nitrogens is 1. The Hall–Kier alpha value is -1.58. The summed E-state index contributed by atoms with van der Waals surface area (Å²) in [6, 6.07) is 0. The molecule has 0 atom stereocenters. The Balaban J connectivity index is 2.19. The molecule has 96 valence electrons. The van der Waals surface area contributed by atoms with Crippen LogP contribution >= 0.6 is 0 Å². The number of fused-ring (bicyclic) bond motifs is 2. The molecule has 0 amide bonds. The third-order valence-electron chi connectivity index (χ3n) is 3.90. The summed E-state index contributed by atoms with van der Waals surface area (Å²) in [5.41, 5.74) is 12.0. The molecule has 2 aromatic rings. The first-order chi connectivity index (χ1) is 8.81. The van der Waals surface area contributed by atoms with Crippen molar-refractivity contribution in [3.63, 3.8) is 0 Å². The average molecular weight is 244 g/mol. The molecule has 2 heterocycles. The van der Waals surface area contributed by atoms with E-state index in [4.69, 9.17) is 10.7 Å². The standard InChI is InChI=1S/C14H20N4/c1-2-3-6-10-9-7-4-5-8-11(9)16-13-12(10)17-18-14(13)15/h2-8H2,1H3,(H3,15,17,18). The fraction of sp³-hybridized carbons (Fsp3) is 0.571. The van der Waals surface area contributed by atoms with Crippen LogP contribution in [0.1, 0.15) is 49.4 Å². The summed E-state index contributed by atoms with van der Waals surface area (Å²) in [6.07, 6.45) is 8.32. The number of nitrogens with one attached hydrogen (secondary N) is 1. The molecule has 4 nitrogen and oxygen atoms in total. The molecule has 0 aromatic carbocycles. The van der Waals surface area contributed by atoms with Gasteiger partial charge in [0.05, 0.1) is 5.52 Å². The minimum absolute atomic E-state index is 0.538. The summed E-state index contributed by atoms with van der Waals surface area (Å²) < 4.78 is 0. The Morgan fingerprint density at radius 2 is 2.11 bits per heavy atom. The van der Waals surface area contributed by atoms with Gasteiger partial charge in [-0.3, -0.25) is 5.10 Å². The Labute approximate surface area is 107 Å². The van der Waals surface area contributed by atoms with Gasteiger partial charge in [0.15, 0.2) is 5.82 Å². The molecule has 4 heteroatoms. The first-order valence-corrected chi connectivity index (χ1v) is 6.95. The van der Waals surface area contributed by atoms with Gasteiger partial charge in [-0.15, -0.1) is 0 Å². The zero-order valence-corrected chi connectivity index (χ0v) is 10.9. The predicted octanol–water partition coefficient (Wildman–Crippen LogP) is 2.76. The summed E-state index contributed by atoms with van der Waals surface area (Å²) in [6.45, 7) is 2.23. The lowest BCUT2D eigenvalue weighted by atomic mass is 9.89. The number of aryl methyl sites for hydroxylation is 2. The van der Waals surface area contributed by atoms with E-state index in [9.17, 15) is 0 Å². The van der Waals surface area contributed by atoms with Gasteiger partial charge in [-0.2, -0.15) is 5.10 Å². The molecule has 0 fully saturated rings. The molecule has 1 aliphatic rings. The highest BCUT2D eigenvalue weighted by Gasteiger charge is 2.20. The maximum absolute atomic E-state index is 5.90. The molecule has 1 aliphatic carbocycles. The number of nitrogens with two attached hydrogens (primary N) is 1. The largest absolute Gasteiger partial charge is 0.380 e. The number of nitrogens with zero attached hydrogens (tertiary/aromatic N) is 2. The number of pyridine rings is 1. The minimum Gasteiger partial charge on any atom is -0.380 e. The van der Waals surface area contributed by atoms with Gasteiger partial charge < -0.3 is 5.73 Å². The van der Waals surface area contributed by atoms with Crippen LogP contribution in [0.4, 0.5) is 5.82 Å². The van der Waals surface area contributed by atoms with Crippen molar-refractivity contribution in [2.24, 2.45) is 0 Å².